The maximum Gasteiger partial charge on any atom is 0.254 e. The Morgan fingerprint density at radius 3 is 2.54 bits per heavy atom. The summed E-state index contributed by atoms with van der Waals surface area (Å²) in [7, 11) is 0. The largest absolute Gasteiger partial charge is 0.330 e. The second-order valence-corrected chi connectivity index (χ2v) is 7.06. The predicted octanol–water partition coefficient (Wildman–Crippen LogP) is 3.94. The summed E-state index contributed by atoms with van der Waals surface area (Å²) in [4.78, 5) is 25.6. The van der Waals surface area contributed by atoms with Crippen molar-refractivity contribution >= 4 is 12.2 Å². The van der Waals surface area contributed by atoms with E-state index in [1.54, 1.807) is 0 Å². The van der Waals surface area contributed by atoms with E-state index in [1.807, 2.05) is 59.5 Å². The summed E-state index contributed by atoms with van der Waals surface area (Å²) >= 11 is 0. The van der Waals surface area contributed by atoms with Crippen molar-refractivity contribution in [1.29, 1.82) is 0 Å². The molecule has 3 aromatic carbocycles. The van der Waals surface area contributed by atoms with Crippen LogP contribution in [-0.4, -0.2) is 17.1 Å². The SMILES string of the molecule is O=Cc1ccccc1CNCc1cccc(CN2Cc3ccccc3C2=O)c1. The summed E-state index contributed by atoms with van der Waals surface area (Å²) in [6.07, 6.45) is 0.892. The number of aldehydes is 1. The zero-order valence-corrected chi connectivity index (χ0v) is 15.6. The Labute approximate surface area is 164 Å². The highest BCUT2D eigenvalue weighted by Crippen LogP contribution is 2.24. The van der Waals surface area contributed by atoms with Crippen LogP contribution >= 0.6 is 0 Å². The monoisotopic (exact) mass is 370 g/mol. The van der Waals surface area contributed by atoms with Crippen molar-refractivity contribution in [1.82, 2.24) is 10.2 Å². The van der Waals surface area contributed by atoms with Crippen LogP contribution in [0.25, 0.3) is 0 Å². The average Bonchev–Trinajstić information content (AvgIpc) is 3.04. The van der Waals surface area contributed by atoms with E-state index in [9.17, 15) is 9.59 Å². The number of carbonyl (C=O) groups excluding carboxylic acids is 2. The van der Waals surface area contributed by atoms with Gasteiger partial charge in [-0.2, -0.15) is 0 Å². The van der Waals surface area contributed by atoms with Gasteiger partial charge in [-0.25, -0.2) is 0 Å². The van der Waals surface area contributed by atoms with Crippen LogP contribution in [0.1, 0.15) is 43.0 Å². The molecule has 0 unspecified atom stereocenters. The molecule has 1 amide bonds. The number of nitrogens with zero attached hydrogens (tertiary/aromatic N) is 1. The van der Waals surface area contributed by atoms with E-state index < -0.39 is 0 Å². The molecule has 4 nitrogen and oxygen atoms in total. The summed E-state index contributed by atoms with van der Waals surface area (Å²) in [6.45, 7) is 2.61. The van der Waals surface area contributed by atoms with Crippen molar-refractivity contribution in [3.63, 3.8) is 0 Å². The van der Waals surface area contributed by atoms with Crippen molar-refractivity contribution in [2.75, 3.05) is 0 Å². The fourth-order valence-corrected chi connectivity index (χ4v) is 3.65. The Morgan fingerprint density at radius 2 is 1.68 bits per heavy atom. The van der Waals surface area contributed by atoms with Gasteiger partial charge in [0, 0.05) is 37.3 Å². The molecule has 0 radical (unpaired) electrons. The molecule has 0 atom stereocenters. The minimum atomic E-state index is 0.101. The lowest BCUT2D eigenvalue weighted by Crippen LogP contribution is -2.23. The molecule has 0 aromatic heterocycles. The van der Waals surface area contributed by atoms with Gasteiger partial charge in [-0.15, -0.1) is 0 Å². The minimum absolute atomic E-state index is 0.101. The molecule has 4 rings (SSSR count). The topological polar surface area (TPSA) is 49.4 Å². The van der Waals surface area contributed by atoms with Crippen molar-refractivity contribution in [2.45, 2.75) is 26.2 Å². The summed E-state index contributed by atoms with van der Waals surface area (Å²) < 4.78 is 0. The number of rotatable bonds is 7. The second kappa shape index (κ2) is 8.19. The number of amides is 1. The van der Waals surface area contributed by atoms with E-state index in [-0.39, 0.29) is 5.91 Å². The van der Waals surface area contributed by atoms with Crippen molar-refractivity contribution in [3.05, 3.63) is 106 Å². The highest BCUT2D eigenvalue weighted by molar-refractivity contribution is 5.98. The van der Waals surface area contributed by atoms with E-state index in [4.69, 9.17) is 0 Å². The van der Waals surface area contributed by atoms with E-state index in [1.165, 1.54) is 0 Å². The third-order valence-electron chi connectivity index (χ3n) is 5.09. The van der Waals surface area contributed by atoms with Gasteiger partial charge in [-0.1, -0.05) is 66.7 Å². The quantitative estimate of drug-likeness (QED) is 0.641. The van der Waals surface area contributed by atoms with E-state index >= 15 is 0 Å². The number of carbonyl (C=O) groups is 2. The number of nitrogens with one attached hydrogen (secondary N) is 1. The average molecular weight is 370 g/mol. The molecule has 0 aliphatic carbocycles. The highest BCUT2D eigenvalue weighted by atomic mass is 16.2. The minimum Gasteiger partial charge on any atom is -0.330 e. The smallest absolute Gasteiger partial charge is 0.254 e. The fourth-order valence-electron chi connectivity index (χ4n) is 3.65. The molecule has 1 aliphatic heterocycles. The Balaban J connectivity index is 1.37. The lowest BCUT2D eigenvalue weighted by atomic mass is 10.1. The molecule has 140 valence electrons. The van der Waals surface area contributed by atoms with E-state index in [2.05, 4.69) is 23.5 Å². The van der Waals surface area contributed by atoms with E-state index in [0.717, 1.165) is 39.7 Å². The standard InChI is InChI=1S/C24H22N2O2/c27-17-22-10-2-1-8-20(22)14-25-13-18-6-5-7-19(12-18)15-26-16-21-9-3-4-11-23(21)24(26)28/h1-12,17,25H,13-16H2. The molecule has 28 heavy (non-hydrogen) atoms. The number of fused-ring (bicyclic) bond motifs is 1. The zero-order chi connectivity index (χ0) is 19.3. The lowest BCUT2D eigenvalue weighted by Gasteiger charge is -2.16. The molecule has 3 aromatic rings. The van der Waals surface area contributed by atoms with Crippen molar-refractivity contribution < 1.29 is 9.59 Å². The highest BCUT2D eigenvalue weighted by Gasteiger charge is 2.26. The Kier molecular flexibility index (Phi) is 5.31. The summed E-state index contributed by atoms with van der Waals surface area (Å²) in [5, 5.41) is 3.40. The van der Waals surface area contributed by atoms with Gasteiger partial charge in [-0.3, -0.25) is 9.59 Å². The summed E-state index contributed by atoms with van der Waals surface area (Å²) in [5.41, 5.74) is 5.90. The van der Waals surface area contributed by atoms with Crippen LogP contribution in [-0.2, 0) is 26.2 Å². The Morgan fingerprint density at radius 1 is 0.893 bits per heavy atom. The van der Waals surface area contributed by atoms with Crippen LogP contribution in [0.2, 0.25) is 0 Å². The first-order chi connectivity index (χ1) is 13.7. The fraction of sp³-hybridized carbons (Fsp3) is 0.167. The first-order valence-corrected chi connectivity index (χ1v) is 9.43. The second-order valence-electron chi connectivity index (χ2n) is 7.06. The maximum atomic E-state index is 12.6. The molecule has 0 bridgehead atoms. The number of hydrogen-bond donors (Lipinski definition) is 1. The third-order valence-corrected chi connectivity index (χ3v) is 5.09. The van der Waals surface area contributed by atoms with Crippen molar-refractivity contribution in [2.24, 2.45) is 0 Å². The first-order valence-electron chi connectivity index (χ1n) is 9.43. The molecule has 0 saturated heterocycles. The van der Waals surface area contributed by atoms with Gasteiger partial charge in [0.25, 0.3) is 5.91 Å². The molecule has 1 aliphatic rings. The van der Waals surface area contributed by atoms with E-state index in [0.29, 0.717) is 26.2 Å². The van der Waals surface area contributed by atoms with Gasteiger partial charge in [0.15, 0.2) is 0 Å². The predicted molar refractivity (Wildman–Crippen MR) is 109 cm³/mol. The lowest BCUT2D eigenvalue weighted by molar-refractivity contribution is 0.0766. The first kappa shape index (κ1) is 18.1. The van der Waals surface area contributed by atoms with Gasteiger partial charge in [0.2, 0.25) is 0 Å². The summed E-state index contributed by atoms with van der Waals surface area (Å²) in [5.74, 6) is 0.101. The maximum absolute atomic E-state index is 12.6. The molecule has 4 heteroatoms. The van der Waals surface area contributed by atoms with Crippen LogP contribution in [0.5, 0.6) is 0 Å². The molecule has 1 N–H and O–H groups in total. The van der Waals surface area contributed by atoms with Gasteiger partial charge in [-0.05, 0) is 28.3 Å². The summed E-state index contributed by atoms with van der Waals surface area (Å²) in [6, 6.07) is 23.7. The molecule has 0 spiro atoms. The van der Waals surface area contributed by atoms with Crippen molar-refractivity contribution in [3.8, 4) is 0 Å². The Bertz CT molecular complexity index is 1010. The van der Waals surface area contributed by atoms with Gasteiger partial charge < -0.3 is 10.2 Å². The molecule has 0 fully saturated rings. The van der Waals surface area contributed by atoms with Crippen LogP contribution in [0.3, 0.4) is 0 Å². The normalized spacial score (nSPS) is 12.9. The van der Waals surface area contributed by atoms with Gasteiger partial charge >= 0.3 is 0 Å². The Hall–Kier alpha value is -3.24. The third kappa shape index (κ3) is 3.87. The van der Waals surface area contributed by atoms with Gasteiger partial charge in [0.1, 0.15) is 6.29 Å². The van der Waals surface area contributed by atoms with Crippen LogP contribution in [0.15, 0.2) is 72.8 Å². The zero-order valence-electron chi connectivity index (χ0n) is 15.6. The molecular weight excluding hydrogens is 348 g/mol. The number of benzene rings is 3. The van der Waals surface area contributed by atoms with Gasteiger partial charge in [0.05, 0.1) is 0 Å². The van der Waals surface area contributed by atoms with Crippen LogP contribution in [0.4, 0.5) is 0 Å². The van der Waals surface area contributed by atoms with Crippen LogP contribution < -0.4 is 5.32 Å². The molecule has 0 saturated carbocycles. The van der Waals surface area contributed by atoms with Crippen LogP contribution in [0, 0.1) is 0 Å². The molecule has 1 heterocycles. The number of hydrogen-bond acceptors (Lipinski definition) is 3. The molecular formula is C24H22N2O2.